The van der Waals surface area contributed by atoms with Gasteiger partial charge in [-0.05, 0) is 30.7 Å². The molecular formula is C12H17NO3. The molecular weight excluding hydrogens is 206 g/mol. The van der Waals surface area contributed by atoms with Crippen molar-refractivity contribution < 1.29 is 14.6 Å². The highest BCUT2D eigenvalue weighted by atomic mass is 16.5. The largest absolute Gasteiger partial charge is 0.482 e. The van der Waals surface area contributed by atoms with E-state index < -0.39 is 5.97 Å². The second-order valence-electron chi connectivity index (χ2n) is 3.51. The number of hydrogen-bond acceptors (Lipinski definition) is 3. The minimum absolute atomic E-state index is 0.296. The molecule has 0 aliphatic rings. The van der Waals surface area contributed by atoms with E-state index in [9.17, 15) is 4.79 Å². The number of carboxylic acids is 1. The molecule has 0 aromatic heterocycles. The molecule has 88 valence electrons. The molecule has 0 saturated carbocycles. The van der Waals surface area contributed by atoms with E-state index in [0.29, 0.717) is 5.75 Å². The molecule has 0 aliphatic carbocycles. The van der Waals surface area contributed by atoms with Crippen LogP contribution >= 0.6 is 0 Å². The first kappa shape index (κ1) is 12.5. The summed E-state index contributed by atoms with van der Waals surface area (Å²) in [7, 11) is 1.87. The zero-order chi connectivity index (χ0) is 12.0. The molecule has 16 heavy (non-hydrogen) atoms. The molecule has 1 rings (SSSR count). The molecule has 0 bridgehead atoms. The van der Waals surface area contributed by atoms with E-state index in [-0.39, 0.29) is 6.61 Å². The summed E-state index contributed by atoms with van der Waals surface area (Å²) in [6.07, 6.45) is 0.828. The standard InChI is InChI=1S/C12H17NO3/c1-3-10-5-4-9(7-13-2)6-11(10)16-8-12(14)15/h4-6,13H,3,7-8H2,1-2H3,(H,14,15). The number of carbonyl (C=O) groups is 1. The minimum atomic E-state index is -0.957. The average molecular weight is 223 g/mol. The second kappa shape index (κ2) is 6.12. The summed E-state index contributed by atoms with van der Waals surface area (Å²) >= 11 is 0. The lowest BCUT2D eigenvalue weighted by Crippen LogP contribution is -2.11. The Kier molecular flexibility index (Phi) is 4.79. The van der Waals surface area contributed by atoms with Crippen molar-refractivity contribution in [2.45, 2.75) is 19.9 Å². The molecule has 4 heteroatoms. The quantitative estimate of drug-likeness (QED) is 0.766. The molecule has 0 aliphatic heterocycles. The zero-order valence-electron chi connectivity index (χ0n) is 9.62. The molecule has 0 unspecified atom stereocenters. The molecule has 0 fully saturated rings. The summed E-state index contributed by atoms with van der Waals surface area (Å²) in [6.45, 7) is 2.46. The van der Waals surface area contributed by atoms with Crippen molar-refractivity contribution in [3.05, 3.63) is 29.3 Å². The molecule has 0 amide bonds. The number of aryl methyl sites for hydroxylation is 1. The van der Waals surface area contributed by atoms with Crippen LogP contribution in [0.2, 0.25) is 0 Å². The van der Waals surface area contributed by atoms with Gasteiger partial charge >= 0.3 is 5.97 Å². The number of aliphatic carboxylic acids is 1. The van der Waals surface area contributed by atoms with Gasteiger partial charge in [-0.25, -0.2) is 4.79 Å². The van der Waals surface area contributed by atoms with E-state index in [2.05, 4.69) is 5.32 Å². The number of carboxylic acid groups (broad SMARTS) is 1. The van der Waals surface area contributed by atoms with Crippen molar-refractivity contribution >= 4 is 5.97 Å². The number of benzene rings is 1. The van der Waals surface area contributed by atoms with E-state index >= 15 is 0 Å². The second-order valence-corrected chi connectivity index (χ2v) is 3.51. The third-order valence-electron chi connectivity index (χ3n) is 2.24. The van der Waals surface area contributed by atoms with Crippen molar-refractivity contribution in [1.29, 1.82) is 0 Å². The van der Waals surface area contributed by atoms with E-state index in [0.717, 1.165) is 24.1 Å². The molecule has 0 radical (unpaired) electrons. The van der Waals surface area contributed by atoms with Crippen LogP contribution in [0.15, 0.2) is 18.2 Å². The van der Waals surface area contributed by atoms with Gasteiger partial charge in [-0.1, -0.05) is 19.1 Å². The van der Waals surface area contributed by atoms with Gasteiger partial charge < -0.3 is 15.2 Å². The van der Waals surface area contributed by atoms with Gasteiger partial charge in [0.25, 0.3) is 0 Å². The summed E-state index contributed by atoms with van der Waals surface area (Å²) in [4.78, 5) is 10.4. The van der Waals surface area contributed by atoms with Crippen LogP contribution in [-0.2, 0) is 17.8 Å². The van der Waals surface area contributed by atoms with Crippen LogP contribution in [0.5, 0.6) is 5.75 Å². The fraction of sp³-hybridized carbons (Fsp3) is 0.417. The Morgan fingerprint density at radius 3 is 2.81 bits per heavy atom. The molecule has 0 atom stereocenters. The van der Waals surface area contributed by atoms with Gasteiger partial charge in [0.15, 0.2) is 6.61 Å². The van der Waals surface area contributed by atoms with Crippen LogP contribution in [0.3, 0.4) is 0 Å². The smallest absolute Gasteiger partial charge is 0.341 e. The zero-order valence-corrected chi connectivity index (χ0v) is 9.62. The summed E-state index contributed by atoms with van der Waals surface area (Å²) in [6, 6.07) is 5.88. The minimum Gasteiger partial charge on any atom is -0.482 e. The van der Waals surface area contributed by atoms with E-state index in [1.807, 2.05) is 32.2 Å². The van der Waals surface area contributed by atoms with Crippen LogP contribution in [0.25, 0.3) is 0 Å². The first-order chi connectivity index (χ1) is 7.67. The fourth-order valence-electron chi connectivity index (χ4n) is 1.48. The molecule has 0 saturated heterocycles. The SMILES string of the molecule is CCc1ccc(CNC)cc1OCC(=O)O. The highest BCUT2D eigenvalue weighted by Gasteiger charge is 2.05. The van der Waals surface area contributed by atoms with Crippen molar-refractivity contribution in [1.82, 2.24) is 5.32 Å². The molecule has 2 N–H and O–H groups in total. The molecule has 0 heterocycles. The van der Waals surface area contributed by atoms with Gasteiger partial charge in [-0.3, -0.25) is 0 Å². The number of ether oxygens (including phenoxy) is 1. The Balaban J connectivity index is 2.83. The Bertz CT molecular complexity index is 363. The average Bonchev–Trinajstić information content (AvgIpc) is 2.27. The van der Waals surface area contributed by atoms with Crippen LogP contribution in [-0.4, -0.2) is 24.7 Å². The maximum Gasteiger partial charge on any atom is 0.341 e. The number of rotatable bonds is 6. The Morgan fingerprint density at radius 2 is 2.25 bits per heavy atom. The van der Waals surface area contributed by atoms with Crippen LogP contribution in [0.1, 0.15) is 18.1 Å². The van der Waals surface area contributed by atoms with Crippen molar-refractivity contribution in [2.75, 3.05) is 13.7 Å². The first-order valence-electron chi connectivity index (χ1n) is 5.28. The third-order valence-corrected chi connectivity index (χ3v) is 2.24. The summed E-state index contributed by atoms with van der Waals surface area (Å²) in [5.41, 5.74) is 2.11. The molecule has 4 nitrogen and oxygen atoms in total. The van der Waals surface area contributed by atoms with Crippen LogP contribution in [0, 0.1) is 0 Å². The highest BCUT2D eigenvalue weighted by molar-refractivity contribution is 5.68. The monoisotopic (exact) mass is 223 g/mol. The van der Waals surface area contributed by atoms with E-state index in [1.165, 1.54) is 0 Å². The van der Waals surface area contributed by atoms with Gasteiger partial charge in [-0.15, -0.1) is 0 Å². The predicted molar refractivity (Wildman–Crippen MR) is 61.7 cm³/mol. The summed E-state index contributed by atoms with van der Waals surface area (Å²) in [5, 5.41) is 11.6. The van der Waals surface area contributed by atoms with Gasteiger partial charge in [0.05, 0.1) is 0 Å². The van der Waals surface area contributed by atoms with Crippen molar-refractivity contribution in [3.63, 3.8) is 0 Å². The van der Waals surface area contributed by atoms with E-state index in [1.54, 1.807) is 0 Å². The van der Waals surface area contributed by atoms with Gasteiger partial charge in [0.1, 0.15) is 5.75 Å². The Labute approximate surface area is 95.2 Å². The lowest BCUT2D eigenvalue weighted by molar-refractivity contribution is -0.139. The number of hydrogen-bond donors (Lipinski definition) is 2. The summed E-state index contributed by atoms with van der Waals surface area (Å²) < 4.78 is 5.25. The van der Waals surface area contributed by atoms with Crippen molar-refractivity contribution in [2.24, 2.45) is 0 Å². The predicted octanol–water partition coefficient (Wildman–Crippen LogP) is 1.43. The fourth-order valence-corrected chi connectivity index (χ4v) is 1.48. The van der Waals surface area contributed by atoms with Crippen LogP contribution < -0.4 is 10.1 Å². The Hall–Kier alpha value is -1.55. The van der Waals surface area contributed by atoms with E-state index in [4.69, 9.17) is 9.84 Å². The molecule has 1 aromatic rings. The van der Waals surface area contributed by atoms with Crippen LogP contribution in [0.4, 0.5) is 0 Å². The lowest BCUT2D eigenvalue weighted by Gasteiger charge is -2.10. The normalized spacial score (nSPS) is 10.1. The van der Waals surface area contributed by atoms with Gasteiger partial charge in [0, 0.05) is 6.54 Å². The number of nitrogens with one attached hydrogen (secondary N) is 1. The third kappa shape index (κ3) is 3.55. The summed E-state index contributed by atoms with van der Waals surface area (Å²) in [5.74, 6) is -0.293. The van der Waals surface area contributed by atoms with Gasteiger partial charge in [0.2, 0.25) is 0 Å². The highest BCUT2D eigenvalue weighted by Crippen LogP contribution is 2.21. The Morgan fingerprint density at radius 1 is 1.50 bits per heavy atom. The maximum absolute atomic E-state index is 10.4. The molecule has 0 spiro atoms. The van der Waals surface area contributed by atoms with Gasteiger partial charge in [-0.2, -0.15) is 0 Å². The first-order valence-corrected chi connectivity index (χ1v) is 5.28. The lowest BCUT2D eigenvalue weighted by atomic mass is 10.1. The van der Waals surface area contributed by atoms with Crippen molar-refractivity contribution in [3.8, 4) is 5.75 Å². The maximum atomic E-state index is 10.4. The molecule has 1 aromatic carbocycles. The topological polar surface area (TPSA) is 58.6 Å².